The summed E-state index contributed by atoms with van der Waals surface area (Å²) < 4.78 is 0. The molecular formula is C14H21N3O2. The number of nitrogens with one attached hydrogen (secondary N) is 1. The Morgan fingerprint density at radius 1 is 1.53 bits per heavy atom. The monoisotopic (exact) mass is 263 g/mol. The Morgan fingerprint density at radius 2 is 2.42 bits per heavy atom. The van der Waals surface area contributed by atoms with Gasteiger partial charge in [0.25, 0.3) is 0 Å². The Labute approximate surface area is 113 Å². The molecule has 104 valence electrons. The van der Waals surface area contributed by atoms with Crippen molar-refractivity contribution in [3.8, 4) is 0 Å². The Bertz CT molecular complexity index is 397. The van der Waals surface area contributed by atoms with Crippen molar-refractivity contribution in [1.29, 1.82) is 0 Å². The van der Waals surface area contributed by atoms with Gasteiger partial charge in [-0.1, -0.05) is 6.07 Å². The van der Waals surface area contributed by atoms with E-state index in [9.17, 15) is 4.79 Å². The number of hydrogen-bond acceptors (Lipinski definition) is 4. The van der Waals surface area contributed by atoms with Crippen molar-refractivity contribution in [3.05, 3.63) is 30.1 Å². The number of aromatic nitrogens is 1. The number of carbonyl (C=O) groups is 1. The Hall–Kier alpha value is -1.46. The van der Waals surface area contributed by atoms with Crippen LogP contribution in [0.2, 0.25) is 0 Å². The summed E-state index contributed by atoms with van der Waals surface area (Å²) in [5.41, 5.74) is 1.07. The van der Waals surface area contributed by atoms with Crippen LogP contribution in [0, 0.1) is 0 Å². The number of carboxylic acids is 1. The minimum atomic E-state index is -0.720. The molecule has 1 unspecified atom stereocenters. The molecule has 2 N–H and O–H groups in total. The summed E-state index contributed by atoms with van der Waals surface area (Å²) in [6, 6.07) is 6.22. The van der Waals surface area contributed by atoms with E-state index in [1.54, 1.807) is 0 Å². The summed E-state index contributed by atoms with van der Waals surface area (Å²) in [6.07, 6.45) is 3.83. The van der Waals surface area contributed by atoms with Crippen molar-refractivity contribution in [2.45, 2.75) is 31.8 Å². The summed E-state index contributed by atoms with van der Waals surface area (Å²) >= 11 is 0. The van der Waals surface area contributed by atoms with E-state index in [1.165, 1.54) is 0 Å². The number of nitrogens with zero attached hydrogens (tertiary/aromatic N) is 2. The van der Waals surface area contributed by atoms with Crippen molar-refractivity contribution in [3.63, 3.8) is 0 Å². The highest BCUT2D eigenvalue weighted by Gasteiger charge is 2.18. The topological polar surface area (TPSA) is 65.5 Å². The van der Waals surface area contributed by atoms with Crippen molar-refractivity contribution in [1.82, 2.24) is 15.2 Å². The molecule has 19 heavy (non-hydrogen) atoms. The molecule has 1 aliphatic heterocycles. The fourth-order valence-corrected chi connectivity index (χ4v) is 2.43. The second-order valence-corrected chi connectivity index (χ2v) is 4.99. The van der Waals surface area contributed by atoms with E-state index in [1.807, 2.05) is 24.4 Å². The van der Waals surface area contributed by atoms with Gasteiger partial charge < -0.3 is 10.4 Å². The molecule has 2 heterocycles. The zero-order valence-corrected chi connectivity index (χ0v) is 11.1. The minimum Gasteiger partial charge on any atom is -0.481 e. The average molecular weight is 263 g/mol. The quantitative estimate of drug-likeness (QED) is 0.833. The molecule has 0 spiro atoms. The third-order valence-electron chi connectivity index (χ3n) is 3.38. The molecule has 0 saturated carbocycles. The van der Waals surface area contributed by atoms with Crippen molar-refractivity contribution < 1.29 is 9.90 Å². The molecule has 5 heteroatoms. The lowest BCUT2D eigenvalue weighted by Gasteiger charge is -2.23. The van der Waals surface area contributed by atoms with Crippen LogP contribution >= 0.6 is 0 Å². The molecule has 1 atom stereocenters. The Morgan fingerprint density at radius 3 is 3.16 bits per heavy atom. The van der Waals surface area contributed by atoms with Crippen molar-refractivity contribution in [2.75, 3.05) is 19.6 Å². The summed E-state index contributed by atoms with van der Waals surface area (Å²) in [5, 5.41) is 12.2. The van der Waals surface area contributed by atoms with Gasteiger partial charge in [0.15, 0.2) is 0 Å². The number of carboxylic acid groups (broad SMARTS) is 1. The van der Waals surface area contributed by atoms with Crippen molar-refractivity contribution >= 4 is 5.97 Å². The summed E-state index contributed by atoms with van der Waals surface area (Å²) in [6.45, 7) is 3.73. The summed E-state index contributed by atoms with van der Waals surface area (Å²) in [5.74, 6) is -0.720. The van der Waals surface area contributed by atoms with Crippen LogP contribution in [0.4, 0.5) is 0 Å². The predicted molar refractivity (Wildman–Crippen MR) is 72.8 cm³/mol. The minimum absolute atomic E-state index is 0.231. The number of pyridine rings is 1. The van der Waals surface area contributed by atoms with Gasteiger partial charge >= 0.3 is 5.97 Å². The molecule has 1 aromatic rings. The third kappa shape index (κ3) is 4.96. The summed E-state index contributed by atoms with van der Waals surface area (Å²) in [7, 11) is 0. The number of aliphatic carboxylic acids is 1. The van der Waals surface area contributed by atoms with E-state index in [-0.39, 0.29) is 12.5 Å². The number of hydrogen-bond donors (Lipinski definition) is 2. The molecule has 1 fully saturated rings. The van der Waals surface area contributed by atoms with Gasteiger partial charge in [-0.2, -0.15) is 0 Å². The van der Waals surface area contributed by atoms with Crippen LogP contribution in [0.3, 0.4) is 0 Å². The van der Waals surface area contributed by atoms with Crippen LogP contribution in [-0.2, 0) is 11.3 Å². The van der Waals surface area contributed by atoms with Gasteiger partial charge in [0, 0.05) is 31.7 Å². The Kier molecular flexibility index (Phi) is 5.30. The van der Waals surface area contributed by atoms with E-state index in [2.05, 4.69) is 15.2 Å². The summed E-state index contributed by atoms with van der Waals surface area (Å²) in [4.78, 5) is 17.4. The molecule has 5 nitrogen and oxygen atoms in total. The molecule has 1 saturated heterocycles. The first-order valence-corrected chi connectivity index (χ1v) is 6.81. The Balaban J connectivity index is 1.87. The highest BCUT2D eigenvalue weighted by atomic mass is 16.4. The van der Waals surface area contributed by atoms with Crippen LogP contribution in [-0.4, -0.2) is 46.6 Å². The van der Waals surface area contributed by atoms with Gasteiger partial charge in [-0.15, -0.1) is 0 Å². The molecule has 0 aromatic carbocycles. The van der Waals surface area contributed by atoms with Gasteiger partial charge in [0.05, 0.1) is 5.69 Å². The first-order valence-electron chi connectivity index (χ1n) is 6.81. The van der Waals surface area contributed by atoms with Gasteiger partial charge in [0.1, 0.15) is 0 Å². The van der Waals surface area contributed by atoms with Gasteiger partial charge in [0.2, 0.25) is 0 Å². The fraction of sp³-hybridized carbons (Fsp3) is 0.571. The zero-order chi connectivity index (χ0) is 13.5. The van der Waals surface area contributed by atoms with Gasteiger partial charge in [-0.05, 0) is 38.1 Å². The second-order valence-electron chi connectivity index (χ2n) is 4.99. The largest absolute Gasteiger partial charge is 0.481 e. The van der Waals surface area contributed by atoms with Crippen molar-refractivity contribution in [2.24, 2.45) is 0 Å². The lowest BCUT2D eigenvalue weighted by atomic mass is 10.1. The van der Waals surface area contributed by atoms with Crippen LogP contribution in [0.1, 0.15) is 25.0 Å². The molecule has 1 aromatic heterocycles. The maximum Gasteiger partial charge on any atom is 0.303 e. The molecule has 2 rings (SSSR count). The van der Waals surface area contributed by atoms with Crippen LogP contribution in [0.25, 0.3) is 0 Å². The molecular weight excluding hydrogens is 242 g/mol. The molecule has 0 bridgehead atoms. The maximum atomic E-state index is 10.6. The fourth-order valence-electron chi connectivity index (χ4n) is 2.43. The highest BCUT2D eigenvalue weighted by molar-refractivity contribution is 5.66. The van der Waals surface area contributed by atoms with E-state index in [4.69, 9.17) is 5.11 Å². The molecule has 1 aliphatic rings. The van der Waals surface area contributed by atoms with Crippen LogP contribution in [0.15, 0.2) is 24.4 Å². The first kappa shape index (κ1) is 14.0. The first-order chi connectivity index (χ1) is 9.24. The SMILES string of the molecule is O=C(O)CCC1CN(Cc2ccccn2)CCCN1. The highest BCUT2D eigenvalue weighted by Crippen LogP contribution is 2.09. The van der Waals surface area contributed by atoms with Gasteiger partial charge in [-0.3, -0.25) is 14.7 Å². The smallest absolute Gasteiger partial charge is 0.303 e. The lowest BCUT2D eigenvalue weighted by Crippen LogP contribution is -2.37. The molecule has 0 aliphatic carbocycles. The zero-order valence-electron chi connectivity index (χ0n) is 11.1. The van der Waals surface area contributed by atoms with E-state index in [0.29, 0.717) is 6.42 Å². The molecule has 0 radical (unpaired) electrons. The maximum absolute atomic E-state index is 10.6. The normalized spacial score (nSPS) is 20.9. The standard InChI is InChI=1S/C14H21N3O2/c18-14(19)6-5-13-11-17(9-3-8-16-13)10-12-4-1-2-7-15-12/h1-2,4,7,13,16H,3,5-6,8-11H2,(H,18,19). The lowest BCUT2D eigenvalue weighted by molar-refractivity contribution is -0.137. The van der Waals surface area contributed by atoms with Crippen LogP contribution < -0.4 is 5.32 Å². The van der Waals surface area contributed by atoms with E-state index in [0.717, 1.165) is 38.3 Å². The second kappa shape index (κ2) is 7.21. The van der Waals surface area contributed by atoms with E-state index < -0.39 is 5.97 Å². The molecule has 0 amide bonds. The number of rotatable bonds is 5. The third-order valence-corrected chi connectivity index (χ3v) is 3.38. The van der Waals surface area contributed by atoms with E-state index >= 15 is 0 Å². The van der Waals surface area contributed by atoms with Gasteiger partial charge in [-0.25, -0.2) is 0 Å². The predicted octanol–water partition coefficient (Wildman–Crippen LogP) is 1.11. The average Bonchev–Trinajstić information content (AvgIpc) is 2.63. The van der Waals surface area contributed by atoms with Crippen LogP contribution in [0.5, 0.6) is 0 Å².